The number of carboxylic acids is 1. The van der Waals surface area contributed by atoms with Crippen molar-refractivity contribution in [3.63, 3.8) is 0 Å². The highest BCUT2D eigenvalue weighted by Gasteiger charge is 2.44. The van der Waals surface area contributed by atoms with Gasteiger partial charge in [-0.2, -0.15) is 0 Å². The summed E-state index contributed by atoms with van der Waals surface area (Å²) in [7, 11) is 0. The number of carboxylic acid groups (broad SMARTS) is 1. The molecule has 1 aliphatic carbocycles. The SMILES string of the molecule is O=C(O)CC1(CC(=O)N2CCC3(CC2)OCc2cc(F)ccc2O3)CCCC1. The van der Waals surface area contributed by atoms with Crippen molar-refractivity contribution in [3.8, 4) is 5.75 Å². The van der Waals surface area contributed by atoms with Crippen molar-refractivity contribution in [2.45, 2.75) is 63.8 Å². The van der Waals surface area contributed by atoms with Crippen LogP contribution in [0.25, 0.3) is 0 Å². The van der Waals surface area contributed by atoms with Crippen LogP contribution in [0.3, 0.4) is 0 Å². The Kier molecular flexibility index (Phi) is 5.04. The van der Waals surface area contributed by atoms with Gasteiger partial charge in [-0.3, -0.25) is 9.59 Å². The minimum absolute atomic E-state index is 0.0243. The van der Waals surface area contributed by atoms with Gasteiger partial charge in [-0.1, -0.05) is 12.8 Å². The zero-order valence-electron chi connectivity index (χ0n) is 15.9. The topological polar surface area (TPSA) is 76.1 Å². The molecule has 1 saturated heterocycles. The molecule has 2 fully saturated rings. The maximum absolute atomic E-state index is 13.4. The number of aliphatic carboxylic acids is 1. The number of nitrogens with zero attached hydrogens (tertiary/aromatic N) is 1. The number of fused-ring (bicyclic) bond motifs is 1. The second-order valence-electron chi connectivity index (χ2n) is 8.39. The summed E-state index contributed by atoms with van der Waals surface area (Å²) in [4.78, 5) is 25.9. The van der Waals surface area contributed by atoms with Crippen molar-refractivity contribution >= 4 is 11.9 Å². The van der Waals surface area contributed by atoms with Crippen LogP contribution in [0, 0.1) is 11.2 Å². The van der Waals surface area contributed by atoms with Gasteiger partial charge in [-0.25, -0.2) is 4.39 Å². The van der Waals surface area contributed by atoms with Gasteiger partial charge < -0.3 is 19.5 Å². The van der Waals surface area contributed by atoms with Crippen LogP contribution in [0.1, 0.15) is 56.9 Å². The van der Waals surface area contributed by atoms with E-state index in [0.29, 0.717) is 50.3 Å². The molecule has 28 heavy (non-hydrogen) atoms. The fourth-order valence-corrected chi connectivity index (χ4v) is 4.84. The van der Waals surface area contributed by atoms with E-state index in [1.165, 1.54) is 12.1 Å². The summed E-state index contributed by atoms with van der Waals surface area (Å²) in [6, 6.07) is 4.42. The molecule has 3 aliphatic rings. The lowest BCUT2D eigenvalue weighted by molar-refractivity contribution is -0.228. The molecule has 1 N–H and O–H groups in total. The standard InChI is InChI=1S/C21H26FNO5/c22-16-3-4-17-15(11-16)14-27-21(28-17)7-9-23(10-8-21)18(24)12-20(13-19(25)26)5-1-2-6-20/h3-4,11H,1-2,5-10,12-14H2,(H,25,26). The highest BCUT2D eigenvalue weighted by molar-refractivity contribution is 5.78. The minimum atomic E-state index is -0.827. The third kappa shape index (κ3) is 3.85. The normalized spacial score (nSPS) is 22.5. The van der Waals surface area contributed by atoms with Crippen molar-refractivity contribution in [3.05, 3.63) is 29.6 Å². The lowest BCUT2D eigenvalue weighted by atomic mass is 9.79. The molecule has 6 nitrogen and oxygen atoms in total. The first-order valence-corrected chi connectivity index (χ1v) is 10.00. The first kappa shape index (κ1) is 19.2. The number of carbonyl (C=O) groups excluding carboxylic acids is 1. The Hall–Kier alpha value is -2.15. The van der Waals surface area contributed by atoms with Crippen LogP contribution in [0.15, 0.2) is 18.2 Å². The van der Waals surface area contributed by atoms with E-state index in [4.69, 9.17) is 9.47 Å². The highest BCUT2D eigenvalue weighted by atomic mass is 19.1. The molecule has 2 aliphatic heterocycles. The number of piperidine rings is 1. The minimum Gasteiger partial charge on any atom is -0.481 e. The third-order valence-corrected chi connectivity index (χ3v) is 6.40. The van der Waals surface area contributed by atoms with Crippen molar-refractivity contribution in [2.75, 3.05) is 13.1 Å². The quantitative estimate of drug-likeness (QED) is 0.850. The first-order chi connectivity index (χ1) is 13.4. The zero-order valence-corrected chi connectivity index (χ0v) is 15.9. The van der Waals surface area contributed by atoms with Crippen LogP contribution < -0.4 is 4.74 Å². The van der Waals surface area contributed by atoms with E-state index < -0.39 is 11.8 Å². The average molecular weight is 391 g/mol. The number of rotatable bonds is 4. The lowest BCUT2D eigenvalue weighted by Crippen LogP contribution is -2.53. The molecule has 4 rings (SSSR count). The Labute approximate surface area is 163 Å². The second kappa shape index (κ2) is 7.35. The number of amides is 1. The fourth-order valence-electron chi connectivity index (χ4n) is 4.84. The van der Waals surface area contributed by atoms with Gasteiger partial charge in [0.1, 0.15) is 11.6 Å². The summed E-state index contributed by atoms with van der Waals surface area (Å²) in [5.41, 5.74) is 0.305. The molecule has 1 amide bonds. The van der Waals surface area contributed by atoms with Crippen molar-refractivity contribution < 1.29 is 28.6 Å². The smallest absolute Gasteiger partial charge is 0.303 e. The number of ether oxygens (including phenoxy) is 2. The van der Waals surface area contributed by atoms with Gasteiger partial charge in [0, 0.05) is 37.9 Å². The van der Waals surface area contributed by atoms with Crippen LogP contribution in [-0.4, -0.2) is 40.8 Å². The van der Waals surface area contributed by atoms with Gasteiger partial charge >= 0.3 is 5.97 Å². The summed E-state index contributed by atoms with van der Waals surface area (Å²) < 4.78 is 25.3. The van der Waals surface area contributed by atoms with Gasteiger partial charge in [-0.05, 0) is 36.5 Å². The largest absolute Gasteiger partial charge is 0.481 e. The molecule has 0 aromatic heterocycles. The Morgan fingerprint density at radius 3 is 2.50 bits per heavy atom. The Morgan fingerprint density at radius 1 is 1.11 bits per heavy atom. The molecule has 152 valence electrons. The van der Waals surface area contributed by atoms with Crippen molar-refractivity contribution in [2.24, 2.45) is 5.41 Å². The average Bonchev–Trinajstić information content (AvgIpc) is 3.09. The fraction of sp³-hybridized carbons (Fsp3) is 0.619. The molecule has 1 saturated carbocycles. The maximum atomic E-state index is 13.4. The zero-order chi connectivity index (χ0) is 19.8. The monoisotopic (exact) mass is 391 g/mol. The van der Waals surface area contributed by atoms with E-state index in [0.717, 1.165) is 25.7 Å². The summed E-state index contributed by atoms with van der Waals surface area (Å²) in [6.07, 6.45) is 5.05. The van der Waals surface area contributed by atoms with Crippen LogP contribution in [-0.2, 0) is 20.9 Å². The molecular weight excluding hydrogens is 365 g/mol. The molecule has 1 spiro atoms. The highest BCUT2D eigenvalue weighted by Crippen LogP contribution is 2.45. The molecule has 0 unspecified atom stereocenters. The predicted octanol–water partition coefficient (Wildman–Crippen LogP) is 3.48. The number of benzene rings is 1. The Morgan fingerprint density at radius 2 is 1.82 bits per heavy atom. The van der Waals surface area contributed by atoms with E-state index in [9.17, 15) is 19.1 Å². The summed E-state index contributed by atoms with van der Waals surface area (Å²) in [5.74, 6) is -1.25. The molecule has 0 radical (unpaired) electrons. The number of carbonyl (C=O) groups is 2. The molecule has 2 heterocycles. The van der Waals surface area contributed by atoms with Gasteiger partial charge in [0.05, 0.1) is 13.0 Å². The summed E-state index contributed by atoms with van der Waals surface area (Å²) in [6.45, 7) is 1.32. The molecule has 1 aromatic carbocycles. The van der Waals surface area contributed by atoms with E-state index in [1.807, 2.05) is 0 Å². The molecular formula is C21H26FNO5. The van der Waals surface area contributed by atoms with Crippen molar-refractivity contribution in [1.29, 1.82) is 0 Å². The van der Waals surface area contributed by atoms with E-state index >= 15 is 0 Å². The Balaban J connectivity index is 1.37. The predicted molar refractivity (Wildman–Crippen MR) is 98.1 cm³/mol. The van der Waals surface area contributed by atoms with Crippen LogP contribution in [0.5, 0.6) is 5.75 Å². The van der Waals surface area contributed by atoms with Crippen LogP contribution in [0.4, 0.5) is 4.39 Å². The van der Waals surface area contributed by atoms with Gasteiger partial charge in [0.15, 0.2) is 0 Å². The van der Waals surface area contributed by atoms with Crippen LogP contribution >= 0.6 is 0 Å². The molecule has 1 aromatic rings. The number of likely N-dealkylation sites (tertiary alicyclic amines) is 1. The van der Waals surface area contributed by atoms with Crippen LogP contribution in [0.2, 0.25) is 0 Å². The second-order valence-corrected chi connectivity index (χ2v) is 8.39. The lowest BCUT2D eigenvalue weighted by Gasteiger charge is -2.44. The summed E-state index contributed by atoms with van der Waals surface area (Å²) >= 11 is 0. The van der Waals surface area contributed by atoms with Crippen molar-refractivity contribution in [1.82, 2.24) is 4.90 Å². The molecule has 0 bridgehead atoms. The Bertz CT molecular complexity index is 766. The van der Waals surface area contributed by atoms with Gasteiger partial charge in [-0.15, -0.1) is 0 Å². The summed E-state index contributed by atoms with van der Waals surface area (Å²) in [5, 5.41) is 9.24. The van der Waals surface area contributed by atoms with Gasteiger partial charge in [0.2, 0.25) is 11.7 Å². The third-order valence-electron chi connectivity index (χ3n) is 6.40. The van der Waals surface area contributed by atoms with Gasteiger partial charge in [0.25, 0.3) is 0 Å². The number of halogens is 1. The van der Waals surface area contributed by atoms with E-state index in [1.54, 1.807) is 11.0 Å². The van der Waals surface area contributed by atoms with E-state index in [-0.39, 0.29) is 23.6 Å². The molecule has 7 heteroatoms. The number of hydrogen-bond acceptors (Lipinski definition) is 4. The molecule has 0 atom stereocenters. The first-order valence-electron chi connectivity index (χ1n) is 10.00. The van der Waals surface area contributed by atoms with E-state index in [2.05, 4.69) is 0 Å². The maximum Gasteiger partial charge on any atom is 0.303 e. The number of hydrogen-bond donors (Lipinski definition) is 1.